The summed E-state index contributed by atoms with van der Waals surface area (Å²) in [7, 11) is 0. The summed E-state index contributed by atoms with van der Waals surface area (Å²) in [5.74, 6) is 1.47. The molecule has 0 unspecified atom stereocenters. The third-order valence-corrected chi connectivity index (χ3v) is 5.06. The minimum absolute atomic E-state index is 0.132. The minimum Gasteiger partial charge on any atom is -0.493 e. The molecule has 0 atom stereocenters. The number of aryl methyl sites for hydroxylation is 3. The lowest BCUT2D eigenvalue weighted by Gasteiger charge is -2.06. The molecule has 1 N–H and O–H groups in total. The Morgan fingerprint density at radius 1 is 1.13 bits per heavy atom. The van der Waals surface area contributed by atoms with Gasteiger partial charge in [0.25, 0.3) is 0 Å². The molecule has 4 rings (SSSR count). The number of hydrogen-bond acceptors (Lipinski definition) is 5. The molecular weight excluding hydrogens is 394 g/mol. The summed E-state index contributed by atoms with van der Waals surface area (Å²) in [4.78, 5) is 15.3. The molecule has 160 valence electrons. The number of carbonyl (C=O) groups is 1. The van der Waals surface area contributed by atoms with E-state index in [1.165, 1.54) is 0 Å². The Morgan fingerprint density at radius 2 is 1.97 bits per heavy atom. The van der Waals surface area contributed by atoms with Gasteiger partial charge in [0.1, 0.15) is 11.5 Å². The SMILES string of the molecule is Cc1oc(-c2ccccc2)nc1CCCOc1cccc2nn(CCCC(=O)O)cc12. The van der Waals surface area contributed by atoms with Crippen molar-refractivity contribution in [2.75, 3.05) is 6.61 Å². The highest BCUT2D eigenvalue weighted by atomic mass is 16.5. The molecule has 2 aromatic carbocycles. The number of aromatic nitrogens is 3. The Bertz CT molecular complexity index is 1160. The van der Waals surface area contributed by atoms with Crippen molar-refractivity contribution >= 4 is 16.9 Å². The lowest BCUT2D eigenvalue weighted by atomic mass is 10.2. The average molecular weight is 419 g/mol. The van der Waals surface area contributed by atoms with Gasteiger partial charge in [-0.05, 0) is 50.5 Å². The van der Waals surface area contributed by atoms with Crippen molar-refractivity contribution in [2.45, 2.75) is 39.2 Å². The van der Waals surface area contributed by atoms with Crippen LogP contribution in [0.4, 0.5) is 0 Å². The topological polar surface area (TPSA) is 90.4 Å². The Kier molecular flexibility index (Phi) is 6.31. The summed E-state index contributed by atoms with van der Waals surface area (Å²) in [5.41, 5.74) is 2.76. The van der Waals surface area contributed by atoms with Gasteiger partial charge < -0.3 is 14.3 Å². The summed E-state index contributed by atoms with van der Waals surface area (Å²) >= 11 is 0. The number of aliphatic carboxylic acids is 1. The summed E-state index contributed by atoms with van der Waals surface area (Å²) in [6.45, 7) is 3.06. The van der Waals surface area contributed by atoms with E-state index in [-0.39, 0.29) is 6.42 Å². The monoisotopic (exact) mass is 419 g/mol. The second-order valence-electron chi connectivity index (χ2n) is 7.42. The highest BCUT2D eigenvalue weighted by Crippen LogP contribution is 2.26. The zero-order chi connectivity index (χ0) is 21.6. The van der Waals surface area contributed by atoms with Crippen molar-refractivity contribution in [1.29, 1.82) is 0 Å². The van der Waals surface area contributed by atoms with Gasteiger partial charge in [0.15, 0.2) is 0 Å². The standard InChI is InChI=1S/C24H25N3O4/c1-17-20(25-24(31-17)18-8-3-2-4-9-18)11-7-15-30-22-12-5-10-21-19(22)16-27(26-21)14-6-13-23(28)29/h2-5,8-10,12,16H,6-7,11,13-15H2,1H3,(H,28,29). The highest BCUT2D eigenvalue weighted by molar-refractivity contribution is 5.84. The van der Waals surface area contributed by atoms with Gasteiger partial charge in [-0.15, -0.1) is 0 Å². The number of carboxylic acid groups (broad SMARTS) is 1. The number of fused-ring (bicyclic) bond motifs is 1. The number of oxazole rings is 1. The predicted octanol–water partition coefficient (Wildman–Crippen LogP) is 4.88. The van der Waals surface area contributed by atoms with Crippen LogP contribution in [0.3, 0.4) is 0 Å². The Balaban J connectivity index is 1.34. The number of hydrogen-bond donors (Lipinski definition) is 1. The largest absolute Gasteiger partial charge is 0.493 e. The minimum atomic E-state index is -0.793. The fourth-order valence-corrected chi connectivity index (χ4v) is 3.48. The third kappa shape index (κ3) is 5.12. The molecule has 31 heavy (non-hydrogen) atoms. The van der Waals surface area contributed by atoms with Crippen LogP contribution in [0, 0.1) is 6.92 Å². The molecule has 0 saturated carbocycles. The van der Waals surface area contributed by atoms with Crippen molar-refractivity contribution in [2.24, 2.45) is 0 Å². The van der Waals surface area contributed by atoms with Crippen molar-refractivity contribution in [3.63, 3.8) is 0 Å². The molecule has 0 aliphatic carbocycles. The van der Waals surface area contributed by atoms with Crippen LogP contribution in [0.2, 0.25) is 0 Å². The predicted molar refractivity (Wildman–Crippen MR) is 117 cm³/mol. The smallest absolute Gasteiger partial charge is 0.303 e. The van der Waals surface area contributed by atoms with E-state index in [0.717, 1.165) is 46.5 Å². The number of ether oxygens (including phenoxy) is 1. The van der Waals surface area contributed by atoms with Gasteiger partial charge in [-0.3, -0.25) is 9.48 Å². The molecule has 0 aliphatic heterocycles. The van der Waals surface area contributed by atoms with E-state index in [9.17, 15) is 4.79 Å². The van der Waals surface area contributed by atoms with Gasteiger partial charge in [-0.1, -0.05) is 24.3 Å². The molecule has 0 spiro atoms. The van der Waals surface area contributed by atoms with Gasteiger partial charge in [0.05, 0.1) is 23.2 Å². The van der Waals surface area contributed by atoms with E-state index in [2.05, 4.69) is 10.1 Å². The molecule has 0 radical (unpaired) electrons. The molecule has 7 nitrogen and oxygen atoms in total. The van der Waals surface area contributed by atoms with Gasteiger partial charge in [-0.25, -0.2) is 4.98 Å². The summed E-state index contributed by atoms with van der Waals surface area (Å²) in [6, 6.07) is 15.7. The maximum Gasteiger partial charge on any atom is 0.303 e. The zero-order valence-electron chi connectivity index (χ0n) is 17.5. The Labute approximate surface area is 180 Å². The molecule has 0 fully saturated rings. The second-order valence-corrected chi connectivity index (χ2v) is 7.42. The van der Waals surface area contributed by atoms with Crippen LogP contribution in [0.25, 0.3) is 22.4 Å². The molecular formula is C24H25N3O4. The molecule has 2 heterocycles. The Hall–Kier alpha value is -3.61. The van der Waals surface area contributed by atoms with Crippen LogP contribution >= 0.6 is 0 Å². The fraction of sp³-hybridized carbons (Fsp3) is 0.292. The second kappa shape index (κ2) is 9.47. The lowest BCUT2D eigenvalue weighted by molar-refractivity contribution is -0.137. The Morgan fingerprint density at radius 3 is 2.77 bits per heavy atom. The van der Waals surface area contributed by atoms with Crippen molar-refractivity contribution < 1.29 is 19.1 Å². The number of carboxylic acids is 1. The quantitative estimate of drug-likeness (QED) is 0.369. The molecule has 0 saturated heterocycles. The number of benzene rings is 2. The summed E-state index contributed by atoms with van der Waals surface area (Å²) in [6.07, 6.45) is 4.17. The molecule has 2 aromatic heterocycles. The number of nitrogens with zero attached hydrogens (tertiary/aromatic N) is 3. The van der Waals surface area contributed by atoms with E-state index in [0.29, 0.717) is 25.5 Å². The van der Waals surface area contributed by atoms with E-state index >= 15 is 0 Å². The van der Waals surface area contributed by atoms with Crippen molar-refractivity contribution in [1.82, 2.24) is 14.8 Å². The molecule has 0 aliphatic rings. The van der Waals surface area contributed by atoms with Crippen LogP contribution in [-0.4, -0.2) is 32.4 Å². The van der Waals surface area contributed by atoms with Gasteiger partial charge in [0.2, 0.25) is 5.89 Å². The first kappa shape index (κ1) is 20.7. The van der Waals surface area contributed by atoms with Crippen molar-refractivity contribution in [3.05, 3.63) is 66.2 Å². The first-order valence-corrected chi connectivity index (χ1v) is 10.4. The molecule has 0 bridgehead atoms. The molecule has 4 aromatic rings. The zero-order valence-corrected chi connectivity index (χ0v) is 17.5. The third-order valence-electron chi connectivity index (χ3n) is 5.06. The van der Waals surface area contributed by atoms with Crippen LogP contribution < -0.4 is 4.74 Å². The van der Waals surface area contributed by atoms with Crippen LogP contribution in [0.5, 0.6) is 5.75 Å². The van der Waals surface area contributed by atoms with Gasteiger partial charge in [0, 0.05) is 24.7 Å². The number of rotatable bonds is 10. The maximum absolute atomic E-state index is 10.7. The van der Waals surface area contributed by atoms with Crippen molar-refractivity contribution in [3.8, 4) is 17.2 Å². The van der Waals surface area contributed by atoms with E-state index in [1.54, 1.807) is 4.68 Å². The normalized spacial score (nSPS) is 11.1. The summed E-state index contributed by atoms with van der Waals surface area (Å²) in [5, 5.41) is 14.2. The van der Waals surface area contributed by atoms with Crippen LogP contribution in [0.15, 0.2) is 59.1 Å². The van der Waals surface area contributed by atoms with Gasteiger partial charge in [-0.2, -0.15) is 5.10 Å². The molecule has 0 amide bonds. The first-order chi connectivity index (χ1) is 15.1. The van der Waals surface area contributed by atoms with E-state index in [1.807, 2.05) is 61.7 Å². The highest BCUT2D eigenvalue weighted by Gasteiger charge is 2.12. The van der Waals surface area contributed by atoms with Gasteiger partial charge >= 0.3 is 5.97 Å². The average Bonchev–Trinajstić information content (AvgIpc) is 3.35. The van der Waals surface area contributed by atoms with E-state index in [4.69, 9.17) is 14.3 Å². The maximum atomic E-state index is 10.7. The van der Waals surface area contributed by atoms with Crippen LogP contribution in [-0.2, 0) is 17.8 Å². The summed E-state index contributed by atoms with van der Waals surface area (Å²) < 4.78 is 13.6. The fourth-order valence-electron chi connectivity index (χ4n) is 3.48. The van der Waals surface area contributed by atoms with E-state index < -0.39 is 5.97 Å². The lowest BCUT2D eigenvalue weighted by Crippen LogP contribution is -2.02. The first-order valence-electron chi connectivity index (χ1n) is 10.4. The molecule has 7 heteroatoms. The van der Waals surface area contributed by atoms with Crippen LogP contribution in [0.1, 0.15) is 30.7 Å².